The maximum atomic E-state index is 13.1. The lowest BCUT2D eigenvalue weighted by molar-refractivity contribution is -0.149. The number of ether oxygens (including phenoxy) is 1. The molecule has 1 aromatic rings. The highest BCUT2D eigenvalue weighted by Gasteiger charge is 2.23. The molecule has 164 valence electrons. The number of aliphatic hydroxyl groups is 1. The number of amides is 2. The fourth-order valence-corrected chi connectivity index (χ4v) is 3.25. The molecule has 0 saturated carbocycles. The van der Waals surface area contributed by atoms with Crippen molar-refractivity contribution in [2.24, 2.45) is 11.8 Å². The average molecular weight is 420 g/mol. The maximum Gasteiger partial charge on any atom is 0.309 e. The number of rotatable bonds is 6. The van der Waals surface area contributed by atoms with Crippen LogP contribution in [-0.2, 0) is 25.5 Å². The van der Waals surface area contributed by atoms with Crippen molar-refractivity contribution in [1.29, 1.82) is 0 Å². The number of hydrogen-bond donors (Lipinski definition) is 3. The molecule has 1 aliphatic rings. The number of nitrogens with one attached hydrogen (secondary N) is 2. The van der Waals surface area contributed by atoms with Gasteiger partial charge in [-0.3, -0.25) is 14.4 Å². The van der Waals surface area contributed by atoms with E-state index in [1.54, 1.807) is 12.1 Å². The van der Waals surface area contributed by atoms with Crippen molar-refractivity contribution in [3.05, 3.63) is 47.8 Å². The van der Waals surface area contributed by atoms with Gasteiger partial charge >= 0.3 is 5.97 Å². The predicted molar refractivity (Wildman–Crippen MR) is 109 cm³/mol. The van der Waals surface area contributed by atoms with Gasteiger partial charge in [-0.1, -0.05) is 24.3 Å². The summed E-state index contributed by atoms with van der Waals surface area (Å²) >= 11 is 0. The fraction of sp³-hybridized carbons (Fsp3) is 0.500. The Bertz CT molecular complexity index is 736. The Morgan fingerprint density at radius 1 is 1.20 bits per heavy atom. The number of aliphatic hydroxyl groups excluding tert-OH is 1. The number of carbonyl (C=O) groups is 3. The lowest BCUT2D eigenvalue weighted by Crippen LogP contribution is -2.37. The predicted octanol–water partition coefficient (Wildman–Crippen LogP) is 1.50. The van der Waals surface area contributed by atoms with Crippen LogP contribution in [0.15, 0.2) is 36.4 Å². The highest BCUT2D eigenvalue weighted by molar-refractivity contribution is 5.85. The summed E-state index contributed by atoms with van der Waals surface area (Å²) in [7, 11) is 0. The van der Waals surface area contributed by atoms with E-state index < -0.39 is 5.92 Å². The van der Waals surface area contributed by atoms with Crippen LogP contribution in [0.1, 0.15) is 31.2 Å². The summed E-state index contributed by atoms with van der Waals surface area (Å²) < 4.78 is 18.4. The second-order valence-corrected chi connectivity index (χ2v) is 7.25. The molecule has 1 heterocycles. The van der Waals surface area contributed by atoms with Gasteiger partial charge in [0.1, 0.15) is 12.4 Å². The zero-order valence-electron chi connectivity index (χ0n) is 16.9. The van der Waals surface area contributed by atoms with E-state index in [1.807, 2.05) is 12.2 Å². The van der Waals surface area contributed by atoms with E-state index in [9.17, 15) is 18.8 Å². The van der Waals surface area contributed by atoms with Crippen molar-refractivity contribution in [2.75, 3.05) is 26.3 Å². The van der Waals surface area contributed by atoms with Crippen LogP contribution in [0, 0.1) is 17.7 Å². The normalized spacial score (nSPS) is 21.9. The number of halogens is 1. The van der Waals surface area contributed by atoms with Gasteiger partial charge in [0.15, 0.2) is 0 Å². The van der Waals surface area contributed by atoms with Crippen LogP contribution in [-0.4, -0.2) is 49.2 Å². The van der Waals surface area contributed by atoms with Gasteiger partial charge in [0.25, 0.3) is 0 Å². The monoisotopic (exact) mass is 420 g/mol. The van der Waals surface area contributed by atoms with E-state index >= 15 is 0 Å². The van der Waals surface area contributed by atoms with Crippen LogP contribution in [0.4, 0.5) is 4.39 Å². The van der Waals surface area contributed by atoms with Crippen molar-refractivity contribution in [1.82, 2.24) is 10.6 Å². The average Bonchev–Trinajstić information content (AvgIpc) is 2.74. The summed E-state index contributed by atoms with van der Waals surface area (Å²) in [4.78, 5) is 36.8. The van der Waals surface area contributed by atoms with Gasteiger partial charge in [0.05, 0.1) is 25.0 Å². The molecule has 0 spiro atoms. The molecule has 0 aliphatic carbocycles. The molecule has 0 fully saturated rings. The summed E-state index contributed by atoms with van der Waals surface area (Å²) in [5, 5.41) is 14.0. The third-order valence-electron chi connectivity index (χ3n) is 4.88. The molecule has 0 bridgehead atoms. The lowest BCUT2D eigenvalue weighted by atomic mass is 9.94. The van der Waals surface area contributed by atoms with Crippen molar-refractivity contribution in [2.45, 2.75) is 32.1 Å². The van der Waals surface area contributed by atoms with Crippen molar-refractivity contribution in [3.8, 4) is 0 Å². The van der Waals surface area contributed by atoms with Gasteiger partial charge in [-0.2, -0.15) is 0 Å². The van der Waals surface area contributed by atoms with E-state index in [4.69, 9.17) is 9.84 Å². The van der Waals surface area contributed by atoms with E-state index in [-0.39, 0.29) is 62.2 Å². The minimum atomic E-state index is -0.536. The molecule has 7 nitrogen and oxygen atoms in total. The maximum absolute atomic E-state index is 13.1. The quantitative estimate of drug-likeness (QED) is 0.478. The molecule has 30 heavy (non-hydrogen) atoms. The molecule has 3 N–H and O–H groups in total. The van der Waals surface area contributed by atoms with Gasteiger partial charge < -0.3 is 20.5 Å². The molecule has 0 unspecified atom stereocenters. The molecule has 0 aromatic heterocycles. The number of benzene rings is 1. The SMILES string of the molecule is O=C(C[C@H]1C/C=C\CC[C@H](Cc2ccc(F)cc2)C(=O)OCCNC1=O)NCCO. The minimum Gasteiger partial charge on any atom is -0.464 e. The van der Waals surface area contributed by atoms with E-state index in [0.717, 1.165) is 5.56 Å². The summed E-state index contributed by atoms with van der Waals surface area (Å²) in [6.45, 7) is 0.190. The molecule has 1 aromatic carbocycles. The Morgan fingerprint density at radius 2 is 1.97 bits per heavy atom. The summed E-state index contributed by atoms with van der Waals surface area (Å²) in [5.74, 6) is -2.15. The van der Waals surface area contributed by atoms with E-state index in [2.05, 4.69) is 10.6 Å². The smallest absolute Gasteiger partial charge is 0.309 e. The Kier molecular flexibility index (Phi) is 10.00. The molecular formula is C22H29FN2O5. The first-order valence-electron chi connectivity index (χ1n) is 10.2. The highest BCUT2D eigenvalue weighted by Crippen LogP contribution is 2.18. The number of cyclic esters (lactones) is 1. The first-order valence-corrected chi connectivity index (χ1v) is 10.2. The van der Waals surface area contributed by atoms with Crippen molar-refractivity contribution in [3.63, 3.8) is 0 Å². The largest absolute Gasteiger partial charge is 0.464 e. The van der Waals surface area contributed by atoms with Crippen LogP contribution in [0.3, 0.4) is 0 Å². The van der Waals surface area contributed by atoms with E-state index in [0.29, 0.717) is 25.7 Å². The molecule has 1 aliphatic heterocycles. The standard InChI is InChI=1S/C22H29FN2O5/c23-19-8-6-16(7-9-19)14-18-5-3-1-2-4-17(15-20(27)24-10-12-26)21(28)25-11-13-30-22(18)29/h1-2,6-9,17-18,26H,3-5,10-15H2,(H,24,27)(H,25,28)/b2-1-/t17-,18-/m1/s1. The Labute approximate surface area is 175 Å². The van der Waals surface area contributed by atoms with Gasteiger partial charge in [0, 0.05) is 13.0 Å². The summed E-state index contributed by atoms with van der Waals surface area (Å²) in [6.07, 6.45) is 5.80. The van der Waals surface area contributed by atoms with Gasteiger partial charge in [-0.05, 0) is 43.4 Å². The third kappa shape index (κ3) is 8.32. The highest BCUT2D eigenvalue weighted by atomic mass is 19.1. The Hall–Kier alpha value is -2.74. The summed E-state index contributed by atoms with van der Waals surface area (Å²) in [5.41, 5.74) is 0.855. The van der Waals surface area contributed by atoms with Crippen molar-refractivity contribution < 1.29 is 28.6 Å². The zero-order chi connectivity index (χ0) is 21.8. The Balaban J connectivity index is 1.99. The molecular weight excluding hydrogens is 391 g/mol. The lowest BCUT2D eigenvalue weighted by Gasteiger charge is -2.16. The third-order valence-corrected chi connectivity index (χ3v) is 4.88. The first kappa shape index (κ1) is 23.5. The number of allylic oxidation sites excluding steroid dienone is 2. The Morgan fingerprint density at radius 3 is 2.70 bits per heavy atom. The molecule has 0 saturated heterocycles. The van der Waals surface area contributed by atoms with Crippen LogP contribution in [0.25, 0.3) is 0 Å². The fourth-order valence-electron chi connectivity index (χ4n) is 3.25. The van der Waals surface area contributed by atoms with Crippen LogP contribution in [0.5, 0.6) is 0 Å². The van der Waals surface area contributed by atoms with Gasteiger partial charge in [0.2, 0.25) is 11.8 Å². The van der Waals surface area contributed by atoms with Gasteiger partial charge in [-0.15, -0.1) is 0 Å². The second kappa shape index (κ2) is 12.7. The van der Waals surface area contributed by atoms with Crippen molar-refractivity contribution >= 4 is 17.8 Å². The first-order chi connectivity index (χ1) is 14.5. The zero-order valence-corrected chi connectivity index (χ0v) is 16.9. The number of esters is 1. The van der Waals surface area contributed by atoms with Gasteiger partial charge in [-0.25, -0.2) is 4.39 Å². The second-order valence-electron chi connectivity index (χ2n) is 7.25. The molecule has 2 atom stereocenters. The molecule has 2 amide bonds. The topological polar surface area (TPSA) is 105 Å². The molecule has 8 heteroatoms. The summed E-state index contributed by atoms with van der Waals surface area (Å²) in [6, 6.07) is 6.05. The van der Waals surface area contributed by atoms with E-state index in [1.165, 1.54) is 12.1 Å². The molecule has 2 rings (SSSR count). The molecule has 0 radical (unpaired) electrons. The number of carbonyl (C=O) groups excluding carboxylic acids is 3. The minimum absolute atomic E-state index is 0.0170. The van der Waals surface area contributed by atoms with Crippen LogP contribution >= 0.6 is 0 Å². The van der Waals surface area contributed by atoms with Crippen LogP contribution in [0.2, 0.25) is 0 Å². The van der Waals surface area contributed by atoms with Crippen LogP contribution < -0.4 is 10.6 Å². The number of hydrogen-bond acceptors (Lipinski definition) is 5.